The fourth-order valence-corrected chi connectivity index (χ4v) is 2.40. The third kappa shape index (κ3) is 3.46. The summed E-state index contributed by atoms with van der Waals surface area (Å²) >= 11 is 8.77. The van der Waals surface area contributed by atoms with Crippen molar-refractivity contribution in [2.24, 2.45) is 0 Å². The number of hydrogen-bond acceptors (Lipinski definition) is 2. The van der Waals surface area contributed by atoms with Gasteiger partial charge in [-0.15, -0.1) is 0 Å². The number of aryl methyl sites for hydroxylation is 1. The molecule has 0 spiro atoms. The van der Waals surface area contributed by atoms with Gasteiger partial charge in [-0.1, -0.05) is 19.1 Å². The molecule has 2 heteroatoms. The Hall–Kier alpha value is -0.0800. The first-order valence-corrected chi connectivity index (χ1v) is 6.58. The van der Waals surface area contributed by atoms with Crippen molar-refractivity contribution in [1.29, 1.82) is 0 Å². The van der Waals surface area contributed by atoms with E-state index in [0.29, 0.717) is 5.25 Å². The highest BCUT2D eigenvalue weighted by molar-refractivity contribution is 7.80. The summed E-state index contributed by atoms with van der Waals surface area (Å²) in [5.41, 5.74) is 5.72. The fraction of sp³-hybridized carbons (Fsp3) is 0.538. The lowest BCUT2D eigenvalue weighted by atomic mass is 9.94. The van der Waals surface area contributed by atoms with Gasteiger partial charge in [0.15, 0.2) is 0 Å². The molecule has 0 N–H and O–H groups in total. The lowest BCUT2D eigenvalue weighted by Gasteiger charge is -2.14. The van der Waals surface area contributed by atoms with Crippen LogP contribution in [0.5, 0.6) is 0 Å². The van der Waals surface area contributed by atoms with Crippen LogP contribution in [0.3, 0.4) is 0 Å². The molecule has 0 aliphatic rings. The predicted octanol–water partition coefficient (Wildman–Crippen LogP) is 3.64. The number of rotatable bonds is 4. The summed E-state index contributed by atoms with van der Waals surface area (Å²) in [6, 6.07) is 4.46. The van der Waals surface area contributed by atoms with Crippen molar-refractivity contribution in [3.63, 3.8) is 0 Å². The number of hydrogen-bond donors (Lipinski definition) is 2. The van der Waals surface area contributed by atoms with Crippen LogP contribution in [-0.2, 0) is 12.8 Å². The number of thiol groups is 2. The maximum atomic E-state index is 4.45. The molecule has 1 unspecified atom stereocenters. The van der Waals surface area contributed by atoms with Crippen LogP contribution in [0, 0.1) is 13.8 Å². The molecule has 1 aromatic carbocycles. The van der Waals surface area contributed by atoms with E-state index in [2.05, 4.69) is 58.2 Å². The highest BCUT2D eigenvalue weighted by atomic mass is 32.1. The Kier molecular flexibility index (Phi) is 5.07. The summed E-state index contributed by atoms with van der Waals surface area (Å²) < 4.78 is 0. The van der Waals surface area contributed by atoms with Gasteiger partial charge in [-0.25, -0.2) is 0 Å². The molecule has 1 rings (SSSR count). The Bertz CT molecular complexity index is 330. The molecule has 1 atom stereocenters. The highest BCUT2D eigenvalue weighted by Gasteiger charge is 2.08. The van der Waals surface area contributed by atoms with E-state index in [-0.39, 0.29) is 0 Å². The monoisotopic (exact) mass is 240 g/mol. The molecular formula is C13H20S2. The fourth-order valence-electron chi connectivity index (χ4n) is 1.98. The van der Waals surface area contributed by atoms with Crippen molar-refractivity contribution in [1.82, 2.24) is 0 Å². The summed E-state index contributed by atoms with van der Waals surface area (Å²) in [7, 11) is 0. The predicted molar refractivity (Wildman–Crippen MR) is 75.6 cm³/mol. The molecule has 0 saturated carbocycles. The molecule has 0 nitrogen and oxygen atoms in total. The number of benzene rings is 1. The maximum absolute atomic E-state index is 4.45. The van der Waals surface area contributed by atoms with Crippen molar-refractivity contribution in [3.05, 3.63) is 34.4 Å². The molecule has 0 saturated heterocycles. The summed E-state index contributed by atoms with van der Waals surface area (Å²) in [5, 5.41) is 0.426. The second kappa shape index (κ2) is 5.86. The normalized spacial score (nSPS) is 12.9. The average molecular weight is 240 g/mol. The molecule has 0 aromatic heterocycles. The van der Waals surface area contributed by atoms with Gasteiger partial charge in [-0.2, -0.15) is 25.3 Å². The van der Waals surface area contributed by atoms with Crippen LogP contribution < -0.4 is 0 Å². The second-order valence-electron chi connectivity index (χ2n) is 4.17. The SMILES string of the molecule is Cc1ccc(CC(C)S)c(C)c1CCS. The zero-order chi connectivity index (χ0) is 11.4. The van der Waals surface area contributed by atoms with Gasteiger partial charge >= 0.3 is 0 Å². The molecule has 0 bridgehead atoms. The quantitative estimate of drug-likeness (QED) is 0.738. The minimum Gasteiger partial charge on any atom is -0.179 e. The van der Waals surface area contributed by atoms with E-state index in [0.717, 1.165) is 18.6 Å². The third-order valence-corrected chi connectivity index (χ3v) is 3.23. The topological polar surface area (TPSA) is 0 Å². The van der Waals surface area contributed by atoms with Crippen LogP contribution in [0.1, 0.15) is 29.2 Å². The molecular weight excluding hydrogens is 220 g/mol. The van der Waals surface area contributed by atoms with Crippen LogP contribution in [0.4, 0.5) is 0 Å². The largest absolute Gasteiger partial charge is 0.179 e. The van der Waals surface area contributed by atoms with Crippen molar-refractivity contribution >= 4 is 25.3 Å². The van der Waals surface area contributed by atoms with Crippen molar-refractivity contribution in [2.75, 3.05) is 5.75 Å². The van der Waals surface area contributed by atoms with Crippen LogP contribution in [0.2, 0.25) is 0 Å². The van der Waals surface area contributed by atoms with Crippen molar-refractivity contribution in [3.8, 4) is 0 Å². The Morgan fingerprint density at radius 3 is 2.47 bits per heavy atom. The third-order valence-electron chi connectivity index (χ3n) is 2.82. The summed E-state index contributed by atoms with van der Waals surface area (Å²) in [6.07, 6.45) is 2.12. The smallest absolute Gasteiger partial charge is 0.00289 e. The Morgan fingerprint density at radius 1 is 1.27 bits per heavy atom. The minimum atomic E-state index is 0.426. The molecule has 0 heterocycles. The first-order chi connectivity index (χ1) is 7.06. The highest BCUT2D eigenvalue weighted by Crippen LogP contribution is 2.21. The van der Waals surface area contributed by atoms with Crippen molar-refractivity contribution < 1.29 is 0 Å². The first-order valence-electron chi connectivity index (χ1n) is 5.43. The Balaban J connectivity index is 3.04. The standard InChI is InChI=1S/C13H20S2/c1-9-4-5-12(8-10(2)15)11(3)13(9)6-7-14/h4-5,10,14-15H,6-8H2,1-3H3. The van der Waals surface area contributed by atoms with Crippen molar-refractivity contribution in [2.45, 2.75) is 38.9 Å². The van der Waals surface area contributed by atoms with Gasteiger partial charge in [-0.3, -0.25) is 0 Å². The van der Waals surface area contributed by atoms with Crippen LogP contribution in [0.25, 0.3) is 0 Å². The lowest BCUT2D eigenvalue weighted by Crippen LogP contribution is -2.04. The summed E-state index contributed by atoms with van der Waals surface area (Å²) in [5.74, 6) is 0.918. The van der Waals surface area contributed by atoms with E-state index in [4.69, 9.17) is 0 Å². The van der Waals surface area contributed by atoms with Gasteiger partial charge in [0.1, 0.15) is 0 Å². The lowest BCUT2D eigenvalue weighted by molar-refractivity contribution is 0.927. The minimum absolute atomic E-state index is 0.426. The van der Waals surface area contributed by atoms with Crippen LogP contribution >= 0.6 is 25.3 Å². The molecule has 0 aliphatic carbocycles. The zero-order valence-electron chi connectivity index (χ0n) is 9.75. The van der Waals surface area contributed by atoms with Gasteiger partial charge < -0.3 is 0 Å². The summed E-state index contributed by atoms with van der Waals surface area (Å²) in [4.78, 5) is 0. The molecule has 0 amide bonds. The molecule has 84 valence electrons. The van der Waals surface area contributed by atoms with Gasteiger partial charge in [0.2, 0.25) is 0 Å². The van der Waals surface area contributed by atoms with E-state index in [1.165, 1.54) is 22.3 Å². The van der Waals surface area contributed by atoms with Gasteiger partial charge in [0.05, 0.1) is 0 Å². The van der Waals surface area contributed by atoms with Crippen LogP contribution in [0.15, 0.2) is 12.1 Å². The molecule has 0 aliphatic heterocycles. The van der Waals surface area contributed by atoms with E-state index < -0.39 is 0 Å². The van der Waals surface area contributed by atoms with E-state index in [9.17, 15) is 0 Å². The zero-order valence-corrected chi connectivity index (χ0v) is 11.5. The second-order valence-corrected chi connectivity index (χ2v) is 5.50. The van der Waals surface area contributed by atoms with E-state index in [1.807, 2.05) is 0 Å². The molecule has 1 aromatic rings. The Labute approximate surface area is 104 Å². The maximum Gasteiger partial charge on any atom is 0.00289 e. The Morgan fingerprint density at radius 2 is 1.93 bits per heavy atom. The van der Waals surface area contributed by atoms with Gasteiger partial charge in [0.25, 0.3) is 0 Å². The van der Waals surface area contributed by atoms with Crippen LogP contribution in [-0.4, -0.2) is 11.0 Å². The first kappa shape index (κ1) is 13.0. The van der Waals surface area contributed by atoms with E-state index in [1.54, 1.807) is 0 Å². The summed E-state index contributed by atoms with van der Waals surface area (Å²) in [6.45, 7) is 6.54. The average Bonchev–Trinajstić information content (AvgIpc) is 2.16. The molecule has 0 fully saturated rings. The molecule has 0 radical (unpaired) electrons. The van der Waals surface area contributed by atoms with Gasteiger partial charge in [-0.05, 0) is 54.7 Å². The van der Waals surface area contributed by atoms with E-state index >= 15 is 0 Å². The molecule has 15 heavy (non-hydrogen) atoms. The van der Waals surface area contributed by atoms with Gasteiger partial charge in [0, 0.05) is 5.25 Å².